The Bertz CT molecular complexity index is 1050. The fourth-order valence-electron chi connectivity index (χ4n) is 5.41. The number of carbonyl (C=O) groups is 1. The molecule has 0 aliphatic heterocycles. The number of carboxylic acid groups (broad SMARTS) is 1. The van der Waals surface area contributed by atoms with Gasteiger partial charge < -0.3 is 26.1 Å². The first-order chi connectivity index (χ1) is 23.2. The van der Waals surface area contributed by atoms with Gasteiger partial charge in [-0.2, -0.15) is 22.4 Å². The van der Waals surface area contributed by atoms with E-state index in [2.05, 4.69) is 44.2 Å². The molecule has 5 atom stereocenters. The number of carboxylic acids is 1. The van der Waals surface area contributed by atoms with Crippen LogP contribution >= 0.6 is 22.4 Å². The molecule has 0 saturated heterocycles. The maximum Gasteiger partial charge on any atom is 0.306 e. The second kappa shape index (κ2) is 30.5. The van der Waals surface area contributed by atoms with Gasteiger partial charge in [-0.3, -0.25) is 19.2 Å². The zero-order valence-corrected chi connectivity index (χ0v) is 33.6. The summed E-state index contributed by atoms with van der Waals surface area (Å²) in [7, 11) is -2.96. The van der Waals surface area contributed by atoms with E-state index < -0.39 is 28.9 Å². The van der Waals surface area contributed by atoms with Gasteiger partial charge in [-0.25, -0.2) is 0 Å². The Kier molecular flexibility index (Phi) is 31.9. The zero-order valence-electron chi connectivity index (χ0n) is 31.9. The van der Waals surface area contributed by atoms with E-state index in [4.69, 9.17) is 5.11 Å². The smallest absolute Gasteiger partial charge is 0.306 e. The molecule has 0 spiro atoms. The fraction of sp³-hybridized carbons (Fsp3) is 0.615. The van der Waals surface area contributed by atoms with Gasteiger partial charge in [-0.1, -0.05) is 96.1 Å². The van der Waals surface area contributed by atoms with Gasteiger partial charge in [-0.05, 0) is 83.1 Å². The molecule has 1 aliphatic rings. The second-order valence-corrected chi connectivity index (χ2v) is 15.6. The molecule has 0 aromatic carbocycles. The summed E-state index contributed by atoms with van der Waals surface area (Å²) < 4.78 is 22.1. The topological polar surface area (TPSA) is 174 Å². The number of nitrogens with one attached hydrogen (secondary N) is 2. The van der Waals surface area contributed by atoms with E-state index in [0.717, 1.165) is 50.6 Å². The number of aliphatic hydroxyl groups excluding tert-OH is 2. The summed E-state index contributed by atoms with van der Waals surface area (Å²) in [4.78, 5) is 11.5. The molecule has 3 unspecified atom stereocenters. The van der Waals surface area contributed by atoms with Gasteiger partial charge in [0.25, 0.3) is 0 Å². The van der Waals surface area contributed by atoms with E-state index in [0.29, 0.717) is 29.9 Å². The van der Waals surface area contributed by atoms with E-state index in [1.54, 1.807) is 49.1 Å². The minimum absolute atomic E-state index is 0. The van der Waals surface area contributed by atoms with E-state index in [1.165, 1.54) is 0 Å². The average molecular weight is 745 g/mol. The summed E-state index contributed by atoms with van der Waals surface area (Å²) >= 11 is 1.56. The molecule has 9 N–H and O–H groups in total. The number of hydrogen-bond donors (Lipinski definition) is 7. The number of hydrogen-bond acceptors (Lipinski definition) is 8. The first-order valence-corrected chi connectivity index (χ1v) is 20.6. The monoisotopic (exact) mass is 744 g/mol. The van der Waals surface area contributed by atoms with Crippen molar-refractivity contribution in [2.45, 2.75) is 123 Å². The van der Waals surface area contributed by atoms with Crippen molar-refractivity contribution in [3.63, 3.8) is 0 Å². The molecule has 0 saturated carbocycles. The molecule has 1 rings (SSSR count). The molecule has 0 fully saturated rings. The minimum atomic E-state index is -2.96. The summed E-state index contributed by atoms with van der Waals surface area (Å²) in [6, 6.07) is -0.135. The fourth-order valence-corrected chi connectivity index (χ4v) is 8.07. The number of thioether (sulfide) groups is 1. The normalized spacial score (nSPS) is 17.9. The largest absolute Gasteiger partial charge is 0.481 e. The van der Waals surface area contributed by atoms with Crippen molar-refractivity contribution in [1.29, 1.82) is 0 Å². The molecule has 1 aliphatic carbocycles. The van der Waals surface area contributed by atoms with E-state index >= 15 is 0 Å². The van der Waals surface area contributed by atoms with Crippen LogP contribution in [0.4, 0.5) is 0 Å². The Hall–Kier alpha value is -2.09. The molecule has 0 aromatic rings. The first kappa shape index (κ1) is 52.3. The lowest BCUT2D eigenvalue weighted by molar-refractivity contribution is -0.142. The standard InChI is InChI=1S/C21H39NO3S2.C15H25NO3.C3H6.H2O/c1-5-8-12-21(13-9-6-2,16-22-14-7-3)17-27(24,25)18-10-11-20(26-4)19(23)15-18;1-5-7-8-11(3)14(16-12(4)17)10-9-13(6-2)15(18)19;1-3-2;/h7,10-11,14-15,19-20,22-25H,5-6,8-9,12-13,16-17H2,1-4H3;5,7-8,12-14,16-17H,1,3,6,9-10H2,2,4H3,(H,18,19);3H,1H2,2H3;1H2/b14-7+;8-7-;;/t;12?,13-,14+;;/m.1../s1. The molecule has 0 aromatic heterocycles. The van der Waals surface area contributed by atoms with Crippen LogP contribution in [0.25, 0.3) is 0 Å². The number of rotatable bonds is 23. The molecule has 9 nitrogen and oxygen atoms in total. The Morgan fingerprint density at radius 1 is 1.12 bits per heavy atom. The molecule has 0 amide bonds. The van der Waals surface area contributed by atoms with E-state index in [-0.39, 0.29) is 28.1 Å². The predicted molar refractivity (Wildman–Crippen MR) is 220 cm³/mol. The van der Waals surface area contributed by atoms with Crippen LogP contribution in [0.1, 0.15) is 99.3 Å². The van der Waals surface area contributed by atoms with Crippen LogP contribution in [0.3, 0.4) is 0 Å². The van der Waals surface area contributed by atoms with E-state index in [9.17, 15) is 24.1 Å². The van der Waals surface area contributed by atoms with Crippen molar-refractivity contribution in [2.24, 2.45) is 11.3 Å². The van der Waals surface area contributed by atoms with Crippen LogP contribution < -0.4 is 10.6 Å². The summed E-state index contributed by atoms with van der Waals surface area (Å²) in [5.41, 5.74) is 0.640. The number of unbranched alkanes of at least 4 members (excludes halogenated alkanes) is 2. The lowest BCUT2D eigenvalue weighted by atomic mass is 9.80. The van der Waals surface area contributed by atoms with Crippen LogP contribution in [0.15, 0.2) is 85.0 Å². The van der Waals surface area contributed by atoms with Crippen molar-refractivity contribution in [3.8, 4) is 0 Å². The molecular formula is C39H72N2O7S2. The van der Waals surface area contributed by atoms with Crippen molar-refractivity contribution >= 4 is 28.3 Å². The van der Waals surface area contributed by atoms with Crippen LogP contribution in [-0.4, -0.2) is 78.0 Å². The summed E-state index contributed by atoms with van der Waals surface area (Å²) in [5, 5.41) is 35.0. The molecule has 11 heteroatoms. The van der Waals surface area contributed by atoms with Gasteiger partial charge in [0.2, 0.25) is 0 Å². The predicted octanol–water partition coefficient (Wildman–Crippen LogP) is 8.61. The molecule has 50 heavy (non-hydrogen) atoms. The Labute approximate surface area is 310 Å². The van der Waals surface area contributed by atoms with Crippen LogP contribution in [0, 0.1) is 11.3 Å². The van der Waals surface area contributed by atoms with E-state index in [1.807, 2.05) is 51.5 Å². The number of allylic oxidation sites excluding steroid dienone is 5. The molecule has 0 heterocycles. The molecule has 0 bridgehead atoms. The van der Waals surface area contributed by atoms with Gasteiger partial charge in [0.15, 0.2) is 0 Å². The number of aliphatic carboxylic acids is 1. The van der Waals surface area contributed by atoms with Crippen LogP contribution in [0.5, 0.6) is 0 Å². The third-order valence-corrected chi connectivity index (χ3v) is 11.2. The molecular weight excluding hydrogens is 673 g/mol. The van der Waals surface area contributed by atoms with Crippen molar-refractivity contribution < 1.29 is 34.7 Å². The van der Waals surface area contributed by atoms with Crippen LogP contribution in [0.2, 0.25) is 0 Å². The summed E-state index contributed by atoms with van der Waals surface area (Å²) in [6.07, 6.45) is 24.9. The van der Waals surface area contributed by atoms with Crippen LogP contribution in [-0.2, 0) is 4.79 Å². The number of aliphatic hydroxyl groups is 2. The highest BCUT2D eigenvalue weighted by atomic mass is 32.3. The Morgan fingerprint density at radius 2 is 1.70 bits per heavy atom. The molecule has 292 valence electrons. The van der Waals surface area contributed by atoms with Crippen molar-refractivity contribution in [3.05, 3.63) is 85.0 Å². The Balaban J connectivity index is -0.000000845. The lowest BCUT2D eigenvalue weighted by Crippen LogP contribution is -2.38. The van der Waals surface area contributed by atoms with Gasteiger partial charge in [-0.15, -0.1) is 6.58 Å². The van der Waals surface area contributed by atoms with Gasteiger partial charge in [0, 0.05) is 23.8 Å². The van der Waals surface area contributed by atoms with Gasteiger partial charge in [0.1, 0.15) is 6.23 Å². The maximum atomic E-state index is 11.1. The average Bonchev–Trinajstić information content (AvgIpc) is 3.05. The molecule has 0 radical (unpaired) electrons. The SMILES string of the molecule is C/C=C/NCC(CCCC)(CCCC)CS(O)(O)C1=CC(O)C(SC)C=C1.C=C/C=C\C(=C)[C@H](CC[C@@H](CC)C(=O)O)NC(C)O.C=CC.O. The van der Waals surface area contributed by atoms with Crippen molar-refractivity contribution in [2.75, 3.05) is 18.6 Å². The summed E-state index contributed by atoms with van der Waals surface area (Å²) in [5.74, 6) is -0.780. The zero-order chi connectivity index (χ0) is 37.9. The van der Waals surface area contributed by atoms with Gasteiger partial charge in [0.05, 0.1) is 22.2 Å². The third-order valence-electron chi connectivity index (χ3n) is 8.14. The summed E-state index contributed by atoms with van der Waals surface area (Å²) in [6.45, 7) is 23.3. The second-order valence-electron chi connectivity index (χ2n) is 12.5. The quantitative estimate of drug-likeness (QED) is 0.0307. The maximum absolute atomic E-state index is 11.1. The highest BCUT2D eigenvalue weighted by Gasteiger charge is 2.36. The third kappa shape index (κ3) is 22.7. The Morgan fingerprint density at radius 3 is 2.12 bits per heavy atom. The lowest BCUT2D eigenvalue weighted by Gasteiger charge is -2.45. The first-order valence-electron chi connectivity index (χ1n) is 17.6. The van der Waals surface area contributed by atoms with Crippen molar-refractivity contribution in [1.82, 2.24) is 10.6 Å². The highest BCUT2D eigenvalue weighted by Crippen LogP contribution is 2.55. The van der Waals surface area contributed by atoms with Gasteiger partial charge >= 0.3 is 5.97 Å². The minimum Gasteiger partial charge on any atom is -0.481 e. The highest BCUT2D eigenvalue weighted by molar-refractivity contribution is 8.27.